The molecule has 0 bridgehead atoms. The third-order valence-corrected chi connectivity index (χ3v) is 3.10. The van der Waals surface area contributed by atoms with Gasteiger partial charge in [-0.05, 0) is 0 Å². The first-order valence-corrected chi connectivity index (χ1v) is 5.22. The number of carboxylic acids is 1. The van der Waals surface area contributed by atoms with E-state index in [1.54, 1.807) is 0 Å². The number of carboxylic acid groups (broad SMARTS) is 1. The van der Waals surface area contributed by atoms with Gasteiger partial charge in [-0.2, -0.15) is 0 Å². The van der Waals surface area contributed by atoms with Crippen LogP contribution in [-0.4, -0.2) is 57.4 Å². The number of aliphatic carboxylic acids is 1. The van der Waals surface area contributed by atoms with E-state index in [0.29, 0.717) is 0 Å². The van der Waals surface area contributed by atoms with Crippen molar-refractivity contribution in [2.24, 2.45) is 11.8 Å². The van der Waals surface area contributed by atoms with Crippen molar-refractivity contribution in [1.29, 1.82) is 0 Å². The number of amides is 1. The maximum Gasteiger partial charge on any atom is 0.307 e. The minimum atomic E-state index is -1.03. The molecular formula is C10H17NO5. The van der Waals surface area contributed by atoms with Gasteiger partial charge in [0.2, 0.25) is 5.91 Å². The predicted octanol–water partition coefficient (Wildman–Crippen LogP) is -1.09. The zero-order chi connectivity index (χ0) is 12.5. The summed E-state index contributed by atoms with van der Waals surface area (Å²) < 4.78 is 0. The molecule has 1 aliphatic rings. The maximum atomic E-state index is 11.8. The fraction of sp³-hybridized carbons (Fsp3) is 0.800. The Kier molecular flexibility index (Phi) is 3.88. The molecule has 6 nitrogen and oxygen atoms in total. The van der Waals surface area contributed by atoms with Crippen molar-refractivity contribution in [3.8, 4) is 0 Å². The van der Waals surface area contributed by atoms with Crippen molar-refractivity contribution >= 4 is 11.9 Å². The molecular weight excluding hydrogens is 214 g/mol. The van der Waals surface area contributed by atoms with E-state index in [-0.39, 0.29) is 19.0 Å². The lowest BCUT2D eigenvalue weighted by Gasteiger charge is -2.22. The van der Waals surface area contributed by atoms with Gasteiger partial charge in [0.25, 0.3) is 0 Å². The monoisotopic (exact) mass is 231 g/mol. The largest absolute Gasteiger partial charge is 0.481 e. The summed E-state index contributed by atoms with van der Waals surface area (Å²) in [6.07, 6.45) is -1.87. The lowest BCUT2D eigenvalue weighted by atomic mass is 9.95. The zero-order valence-corrected chi connectivity index (χ0v) is 9.33. The van der Waals surface area contributed by atoms with E-state index in [2.05, 4.69) is 0 Å². The Bertz CT molecular complexity index is 283. The molecule has 0 saturated carbocycles. The number of aliphatic hydroxyl groups is 2. The molecule has 0 spiro atoms. The molecule has 1 aliphatic heterocycles. The van der Waals surface area contributed by atoms with Gasteiger partial charge in [-0.15, -0.1) is 0 Å². The summed E-state index contributed by atoms with van der Waals surface area (Å²) in [5.41, 5.74) is 0. The third kappa shape index (κ3) is 2.51. The highest BCUT2D eigenvalue weighted by atomic mass is 16.4. The number of aliphatic hydroxyl groups excluding tert-OH is 2. The van der Waals surface area contributed by atoms with Gasteiger partial charge in [-0.1, -0.05) is 13.8 Å². The first-order valence-electron chi connectivity index (χ1n) is 5.22. The maximum absolute atomic E-state index is 11.8. The van der Waals surface area contributed by atoms with Crippen molar-refractivity contribution < 1.29 is 24.9 Å². The number of hydrogen-bond acceptors (Lipinski definition) is 4. The molecule has 4 atom stereocenters. The summed E-state index contributed by atoms with van der Waals surface area (Å²) >= 11 is 0. The Morgan fingerprint density at radius 2 is 1.56 bits per heavy atom. The number of carbonyl (C=O) groups is 2. The second-order valence-corrected chi connectivity index (χ2v) is 4.29. The van der Waals surface area contributed by atoms with Crippen LogP contribution in [0, 0.1) is 11.8 Å². The third-order valence-electron chi connectivity index (χ3n) is 3.10. The second kappa shape index (κ2) is 4.80. The number of rotatable bonds is 3. The Morgan fingerprint density at radius 1 is 1.12 bits per heavy atom. The van der Waals surface area contributed by atoms with Gasteiger partial charge in [-0.25, -0.2) is 0 Å². The lowest BCUT2D eigenvalue weighted by Crippen LogP contribution is -2.38. The molecule has 92 valence electrons. The van der Waals surface area contributed by atoms with E-state index < -0.39 is 30.0 Å². The van der Waals surface area contributed by atoms with E-state index in [9.17, 15) is 19.8 Å². The topological polar surface area (TPSA) is 98.1 Å². The lowest BCUT2D eigenvalue weighted by molar-refractivity contribution is -0.148. The summed E-state index contributed by atoms with van der Waals surface area (Å²) in [6, 6.07) is 0. The number of nitrogens with zero attached hydrogens (tertiary/aromatic N) is 1. The average molecular weight is 231 g/mol. The molecule has 1 saturated heterocycles. The molecule has 0 aromatic heterocycles. The Morgan fingerprint density at radius 3 is 1.94 bits per heavy atom. The van der Waals surface area contributed by atoms with E-state index in [4.69, 9.17) is 5.11 Å². The molecule has 1 rings (SSSR count). The predicted molar refractivity (Wildman–Crippen MR) is 54.6 cm³/mol. The van der Waals surface area contributed by atoms with Crippen molar-refractivity contribution in [2.45, 2.75) is 26.1 Å². The van der Waals surface area contributed by atoms with E-state index in [1.165, 1.54) is 18.7 Å². The van der Waals surface area contributed by atoms with Crippen molar-refractivity contribution in [3.63, 3.8) is 0 Å². The number of likely N-dealkylation sites (tertiary alicyclic amines) is 1. The molecule has 1 heterocycles. The normalized spacial score (nSPS) is 28.9. The molecule has 3 N–H and O–H groups in total. The minimum Gasteiger partial charge on any atom is -0.481 e. The Hall–Kier alpha value is -1.14. The highest BCUT2D eigenvalue weighted by molar-refractivity contribution is 5.84. The van der Waals surface area contributed by atoms with Gasteiger partial charge in [0, 0.05) is 19.0 Å². The summed E-state index contributed by atoms with van der Waals surface area (Å²) in [4.78, 5) is 23.8. The van der Waals surface area contributed by atoms with Crippen LogP contribution in [0.4, 0.5) is 0 Å². The van der Waals surface area contributed by atoms with Gasteiger partial charge in [0.05, 0.1) is 18.1 Å². The van der Waals surface area contributed by atoms with Crippen LogP contribution in [0.3, 0.4) is 0 Å². The van der Waals surface area contributed by atoms with Crippen molar-refractivity contribution in [2.75, 3.05) is 13.1 Å². The van der Waals surface area contributed by atoms with Gasteiger partial charge in [-0.3, -0.25) is 9.59 Å². The highest BCUT2D eigenvalue weighted by Crippen LogP contribution is 2.18. The van der Waals surface area contributed by atoms with Crippen LogP contribution in [0.2, 0.25) is 0 Å². The molecule has 0 radical (unpaired) electrons. The summed E-state index contributed by atoms with van der Waals surface area (Å²) in [6.45, 7) is 3.14. The van der Waals surface area contributed by atoms with Crippen LogP contribution >= 0.6 is 0 Å². The van der Waals surface area contributed by atoms with Gasteiger partial charge >= 0.3 is 5.97 Å². The Labute approximate surface area is 93.5 Å². The molecule has 16 heavy (non-hydrogen) atoms. The van der Waals surface area contributed by atoms with Crippen LogP contribution in [0.1, 0.15) is 13.8 Å². The quantitative estimate of drug-likeness (QED) is 0.573. The summed E-state index contributed by atoms with van der Waals surface area (Å²) in [5.74, 6) is -2.80. The molecule has 0 aliphatic carbocycles. The first kappa shape index (κ1) is 12.9. The van der Waals surface area contributed by atoms with E-state index >= 15 is 0 Å². The molecule has 1 amide bonds. The molecule has 6 heteroatoms. The smallest absolute Gasteiger partial charge is 0.307 e. The molecule has 2 unspecified atom stereocenters. The second-order valence-electron chi connectivity index (χ2n) is 4.29. The van der Waals surface area contributed by atoms with Crippen LogP contribution in [-0.2, 0) is 9.59 Å². The van der Waals surface area contributed by atoms with Gasteiger partial charge in [0.1, 0.15) is 0 Å². The van der Waals surface area contributed by atoms with Crippen LogP contribution in [0.25, 0.3) is 0 Å². The average Bonchev–Trinajstić information content (AvgIpc) is 2.55. The first-order chi connectivity index (χ1) is 7.34. The fourth-order valence-corrected chi connectivity index (χ4v) is 1.67. The molecule has 1 fully saturated rings. The SMILES string of the molecule is CC(C(=O)O)C(C)C(=O)N1C[C@@H](O)[C@@H](O)C1. The number of β-amino-alcohol motifs (C(OH)–C–C–N with tert-alkyl or cyclic N) is 2. The highest BCUT2D eigenvalue weighted by Gasteiger charge is 2.36. The minimum absolute atomic E-state index is 0.0661. The van der Waals surface area contributed by atoms with Gasteiger partial charge in [0.15, 0.2) is 0 Å². The summed E-state index contributed by atoms with van der Waals surface area (Å²) in [7, 11) is 0. The van der Waals surface area contributed by atoms with Gasteiger partial charge < -0.3 is 20.2 Å². The summed E-state index contributed by atoms with van der Waals surface area (Å²) in [5, 5.41) is 27.4. The van der Waals surface area contributed by atoms with Crippen LogP contribution < -0.4 is 0 Å². The molecule has 0 aromatic rings. The zero-order valence-electron chi connectivity index (χ0n) is 9.33. The van der Waals surface area contributed by atoms with E-state index in [1.807, 2.05) is 0 Å². The number of hydrogen-bond donors (Lipinski definition) is 3. The van der Waals surface area contributed by atoms with Crippen LogP contribution in [0.5, 0.6) is 0 Å². The number of carbonyl (C=O) groups excluding carboxylic acids is 1. The fourth-order valence-electron chi connectivity index (χ4n) is 1.67. The standard InChI is InChI=1S/C10H17NO5/c1-5(6(2)10(15)16)9(14)11-3-7(12)8(13)4-11/h5-8,12-13H,3-4H2,1-2H3,(H,15,16)/t5?,6?,7-,8+. The van der Waals surface area contributed by atoms with Crippen LogP contribution in [0.15, 0.2) is 0 Å². The van der Waals surface area contributed by atoms with Crippen molar-refractivity contribution in [1.82, 2.24) is 4.90 Å². The van der Waals surface area contributed by atoms with Crippen molar-refractivity contribution in [3.05, 3.63) is 0 Å². The Balaban J connectivity index is 2.62. The molecule has 0 aromatic carbocycles. The van der Waals surface area contributed by atoms with E-state index in [0.717, 1.165) is 0 Å².